The summed E-state index contributed by atoms with van der Waals surface area (Å²) < 4.78 is 5.54. The Balaban J connectivity index is 1.99. The van der Waals surface area contributed by atoms with Crippen molar-refractivity contribution in [2.45, 2.75) is 12.8 Å². The largest absolute Gasteiger partial charge is 0.481 e. The Bertz CT molecular complexity index is 593. The van der Waals surface area contributed by atoms with Gasteiger partial charge in [-0.2, -0.15) is 0 Å². The van der Waals surface area contributed by atoms with Gasteiger partial charge >= 0.3 is 5.97 Å². The maximum absolute atomic E-state index is 11.7. The van der Waals surface area contributed by atoms with Crippen molar-refractivity contribution in [1.82, 2.24) is 4.98 Å². The Morgan fingerprint density at radius 1 is 1.05 bits per heavy atom. The van der Waals surface area contributed by atoms with Gasteiger partial charge in [-0.25, -0.2) is 0 Å². The zero-order valence-corrected chi connectivity index (χ0v) is 10.7. The van der Waals surface area contributed by atoms with E-state index in [1.807, 2.05) is 0 Å². The van der Waals surface area contributed by atoms with Crippen LogP contribution in [0.15, 0.2) is 48.8 Å². The molecular weight excluding hydrogens is 258 g/mol. The molecule has 0 bridgehead atoms. The maximum atomic E-state index is 11.7. The molecule has 0 aliphatic carbocycles. The summed E-state index contributed by atoms with van der Waals surface area (Å²) in [5.41, 5.74) is 0.477. The van der Waals surface area contributed by atoms with Crippen LogP contribution in [0.25, 0.3) is 0 Å². The van der Waals surface area contributed by atoms with E-state index in [4.69, 9.17) is 9.84 Å². The van der Waals surface area contributed by atoms with E-state index in [9.17, 15) is 9.59 Å². The third kappa shape index (κ3) is 3.91. The van der Waals surface area contributed by atoms with E-state index in [-0.39, 0.29) is 18.6 Å². The highest BCUT2D eigenvalue weighted by molar-refractivity contribution is 5.97. The van der Waals surface area contributed by atoms with Crippen molar-refractivity contribution in [1.29, 1.82) is 0 Å². The van der Waals surface area contributed by atoms with Gasteiger partial charge in [0.25, 0.3) is 0 Å². The molecule has 0 aliphatic rings. The predicted octanol–water partition coefficient (Wildman–Crippen LogP) is 2.92. The van der Waals surface area contributed by atoms with Crippen LogP contribution in [0, 0.1) is 0 Å². The Hall–Kier alpha value is -2.69. The normalized spacial score (nSPS) is 10.0. The first-order valence-corrected chi connectivity index (χ1v) is 6.08. The molecule has 2 rings (SSSR count). The summed E-state index contributed by atoms with van der Waals surface area (Å²) in [6, 6.07) is 10.1. The number of benzene rings is 1. The summed E-state index contributed by atoms with van der Waals surface area (Å²) in [6.45, 7) is 0. The molecule has 102 valence electrons. The number of hydrogen-bond acceptors (Lipinski definition) is 4. The number of rotatable bonds is 6. The molecular formula is C15H13NO4. The van der Waals surface area contributed by atoms with E-state index >= 15 is 0 Å². The van der Waals surface area contributed by atoms with Crippen LogP contribution < -0.4 is 4.74 Å². The number of carbonyl (C=O) groups is 2. The Morgan fingerprint density at radius 3 is 2.40 bits per heavy atom. The van der Waals surface area contributed by atoms with Crippen LogP contribution >= 0.6 is 0 Å². The second-order valence-corrected chi connectivity index (χ2v) is 4.13. The second-order valence-electron chi connectivity index (χ2n) is 4.13. The number of ether oxygens (including phenoxy) is 1. The molecule has 0 atom stereocenters. The van der Waals surface area contributed by atoms with Crippen molar-refractivity contribution in [3.05, 3.63) is 54.4 Å². The van der Waals surface area contributed by atoms with E-state index in [0.717, 1.165) is 0 Å². The van der Waals surface area contributed by atoms with Gasteiger partial charge in [0.2, 0.25) is 0 Å². The second kappa shape index (κ2) is 6.47. The number of aromatic nitrogens is 1. The van der Waals surface area contributed by atoms with Crippen LogP contribution in [0.3, 0.4) is 0 Å². The highest BCUT2D eigenvalue weighted by Gasteiger charge is 2.08. The van der Waals surface area contributed by atoms with Gasteiger partial charge in [-0.15, -0.1) is 0 Å². The Labute approximate surface area is 115 Å². The lowest BCUT2D eigenvalue weighted by Gasteiger charge is -2.05. The number of nitrogens with zero attached hydrogens (tertiary/aromatic N) is 1. The molecule has 1 aromatic carbocycles. The van der Waals surface area contributed by atoms with Gasteiger partial charge < -0.3 is 9.84 Å². The number of carboxylic acids is 1. The molecule has 0 aliphatic heterocycles. The molecule has 20 heavy (non-hydrogen) atoms. The maximum Gasteiger partial charge on any atom is 0.303 e. The zero-order valence-electron chi connectivity index (χ0n) is 10.7. The minimum atomic E-state index is -0.977. The number of aliphatic carboxylic acids is 1. The fourth-order valence-electron chi connectivity index (χ4n) is 1.62. The third-order valence-corrected chi connectivity index (χ3v) is 2.61. The number of ketones is 1. The lowest BCUT2D eigenvalue weighted by molar-refractivity contribution is -0.136. The SMILES string of the molecule is O=C(O)CCC(=O)c1ccc(Oc2cccnc2)cc1. The molecule has 0 spiro atoms. The van der Waals surface area contributed by atoms with Gasteiger partial charge in [0, 0.05) is 18.2 Å². The Morgan fingerprint density at radius 2 is 1.80 bits per heavy atom. The lowest BCUT2D eigenvalue weighted by atomic mass is 10.1. The zero-order chi connectivity index (χ0) is 14.4. The summed E-state index contributed by atoms with van der Waals surface area (Å²) in [6.07, 6.45) is 3.08. The summed E-state index contributed by atoms with van der Waals surface area (Å²) in [4.78, 5) is 26.1. The molecule has 0 amide bonds. The summed E-state index contributed by atoms with van der Waals surface area (Å²) in [7, 11) is 0. The molecule has 1 N–H and O–H groups in total. The molecule has 0 saturated carbocycles. The molecule has 0 fully saturated rings. The summed E-state index contributed by atoms with van der Waals surface area (Å²) in [5, 5.41) is 8.54. The first-order valence-electron chi connectivity index (χ1n) is 6.08. The number of carbonyl (C=O) groups excluding carboxylic acids is 1. The van der Waals surface area contributed by atoms with Crippen LogP contribution in [0.1, 0.15) is 23.2 Å². The predicted molar refractivity (Wildman–Crippen MR) is 72.0 cm³/mol. The lowest BCUT2D eigenvalue weighted by Crippen LogP contribution is -2.03. The van der Waals surface area contributed by atoms with Crippen molar-refractivity contribution in [2.24, 2.45) is 0 Å². The number of Topliss-reactive ketones (excluding diaryl/α,β-unsaturated/α-hetero) is 1. The average Bonchev–Trinajstić information content (AvgIpc) is 2.46. The van der Waals surface area contributed by atoms with Crippen molar-refractivity contribution in [2.75, 3.05) is 0 Å². The van der Waals surface area contributed by atoms with Crippen LogP contribution in [0.4, 0.5) is 0 Å². The monoisotopic (exact) mass is 271 g/mol. The van der Waals surface area contributed by atoms with Crippen LogP contribution in [-0.2, 0) is 4.79 Å². The molecule has 1 heterocycles. The molecule has 1 aromatic heterocycles. The third-order valence-electron chi connectivity index (χ3n) is 2.61. The topological polar surface area (TPSA) is 76.5 Å². The van der Waals surface area contributed by atoms with Gasteiger partial charge in [-0.05, 0) is 36.4 Å². The highest BCUT2D eigenvalue weighted by atomic mass is 16.5. The number of hydrogen-bond donors (Lipinski definition) is 1. The smallest absolute Gasteiger partial charge is 0.303 e. The van der Waals surface area contributed by atoms with Gasteiger partial charge in [0.15, 0.2) is 5.78 Å². The van der Waals surface area contributed by atoms with Crippen LogP contribution in [0.5, 0.6) is 11.5 Å². The van der Waals surface area contributed by atoms with Gasteiger partial charge in [-0.1, -0.05) is 0 Å². The molecule has 2 aromatic rings. The van der Waals surface area contributed by atoms with E-state index in [0.29, 0.717) is 17.1 Å². The highest BCUT2D eigenvalue weighted by Crippen LogP contribution is 2.20. The molecule has 0 unspecified atom stereocenters. The molecule has 0 saturated heterocycles. The minimum absolute atomic E-state index is 0.00184. The van der Waals surface area contributed by atoms with Gasteiger partial charge in [0.1, 0.15) is 11.5 Å². The van der Waals surface area contributed by atoms with E-state index in [1.54, 1.807) is 48.8 Å². The molecule has 0 radical (unpaired) electrons. The standard InChI is InChI=1S/C15H13NO4/c17-14(7-8-15(18)19)11-3-5-12(6-4-11)20-13-2-1-9-16-10-13/h1-6,9-10H,7-8H2,(H,18,19). The first kappa shape index (κ1) is 13.7. The van der Waals surface area contributed by atoms with Crippen molar-refractivity contribution in [3.63, 3.8) is 0 Å². The molecule has 5 nitrogen and oxygen atoms in total. The summed E-state index contributed by atoms with van der Waals surface area (Å²) >= 11 is 0. The van der Waals surface area contributed by atoms with Crippen LogP contribution in [0.2, 0.25) is 0 Å². The van der Waals surface area contributed by atoms with Crippen LogP contribution in [-0.4, -0.2) is 21.8 Å². The number of pyridine rings is 1. The van der Waals surface area contributed by atoms with Crippen molar-refractivity contribution >= 4 is 11.8 Å². The average molecular weight is 271 g/mol. The number of carboxylic acid groups (broad SMARTS) is 1. The Kier molecular flexibility index (Phi) is 4.44. The summed E-state index contributed by atoms with van der Waals surface area (Å²) in [5.74, 6) is 0.0282. The fourth-order valence-corrected chi connectivity index (χ4v) is 1.62. The van der Waals surface area contributed by atoms with Gasteiger partial charge in [-0.3, -0.25) is 14.6 Å². The van der Waals surface area contributed by atoms with Crippen molar-refractivity contribution < 1.29 is 19.4 Å². The van der Waals surface area contributed by atoms with Gasteiger partial charge in [0.05, 0.1) is 12.6 Å². The minimum Gasteiger partial charge on any atom is -0.481 e. The van der Waals surface area contributed by atoms with E-state index in [2.05, 4.69) is 4.98 Å². The molecule has 5 heteroatoms. The van der Waals surface area contributed by atoms with E-state index in [1.165, 1.54) is 0 Å². The fraction of sp³-hybridized carbons (Fsp3) is 0.133. The van der Waals surface area contributed by atoms with Crippen molar-refractivity contribution in [3.8, 4) is 11.5 Å². The van der Waals surface area contributed by atoms with E-state index < -0.39 is 5.97 Å². The quantitative estimate of drug-likeness (QED) is 0.817. The first-order chi connectivity index (χ1) is 9.65.